The second-order valence-electron chi connectivity index (χ2n) is 4.83. The molecule has 6 heteroatoms. The van der Waals surface area contributed by atoms with Gasteiger partial charge in [-0.25, -0.2) is 4.98 Å². The highest BCUT2D eigenvalue weighted by molar-refractivity contribution is 7.98. The molecule has 0 aliphatic rings. The lowest BCUT2D eigenvalue weighted by atomic mass is 10.1. The molecular weight excluding hydrogens is 316 g/mol. The Morgan fingerprint density at radius 1 is 1.41 bits per heavy atom. The number of thiazole rings is 1. The van der Waals surface area contributed by atoms with Crippen LogP contribution in [0.1, 0.15) is 31.2 Å². The molecule has 118 valence electrons. The summed E-state index contributed by atoms with van der Waals surface area (Å²) in [5, 5.41) is 12.8. The van der Waals surface area contributed by atoms with E-state index < -0.39 is 6.10 Å². The maximum atomic E-state index is 11.5. The first-order chi connectivity index (χ1) is 10.6. The molecule has 1 aromatic heterocycles. The van der Waals surface area contributed by atoms with Crippen molar-refractivity contribution < 1.29 is 9.90 Å². The van der Waals surface area contributed by atoms with Gasteiger partial charge < -0.3 is 5.11 Å². The summed E-state index contributed by atoms with van der Waals surface area (Å²) in [7, 11) is 0. The van der Waals surface area contributed by atoms with Crippen molar-refractivity contribution in [1.29, 1.82) is 0 Å². The summed E-state index contributed by atoms with van der Waals surface area (Å²) in [6.45, 7) is 4.12. The Morgan fingerprint density at radius 3 is 2.77 bits per heavy atom. The Balaban J connectivity index is 1.85. The Hall–Kier alpha value is -1.37. The number of aliphatic hydroxyl groups is 1. The van der Waals surface area contributed by atoms with Crippen LogP contribution in [0.3, 0.4) is 0 Å². The molecule has 4 nitrogen and oxygen atoms in total. The van der Waals surface area contributed by atoms with E-state index in [4.69, 9.17) is 0 Å². The Labute approximate surface area is 139 Å². The second-order valence-corrected chi connectivity index (χ2v) is 6.69. The number of aromatic nitrogens is 1. The third-order valence-electron chi connectivity index (χ3n) is 3.18. The molecule has 0 bridgehead atoms. The van der Waals surface area contributed by atoms with Gasteiger partial charge in [0.2, 0.25) is 5.91 Å². The fourth-order valence-electron chi connectivity index (χ4n) is 2.03. The summed E-state index contributed by atoms with van der Waals surface area (Å²) < 4.78 is 0. The van der Waals surface area contributed by atoms with Crippen LogP contribution in [-0.2, 0) is 10.5 Å². The predicted octanol–water partition coefficient (Wildman–Crippen LogP) is 3.48. The molecule has 1 amide bonds. The fourth-order valence-corrected chi connectivity index (χ4v) is 3.95. The largest absolute Gasteiger partial charge is 0.388 e. The van der Waals surface area contributed by atoms with Crippen molar-refractivity contribution in [2.45, 2.75) is 25.7 Å². The zero-order valence-electron chi connectivity index (χ0n) is 12.7. The number of anilines is 1. The standard InChI is InChI=1S/C16H20N2O2S2/c1-3-18(12(2)19)16-17-14(10-22-16)9-21-11-15(20)13-7-5-4-6-8-13/h4-8,10,15,20H,3,9,11H2,1-2H3. The molecule has 1 unspecified atom stereocenters. The Kier molecular flexibility index (Phi) is 6.42. The number of hydrogen-bond acceptors (Lipinski definition) is 5. The zero-order chi connectivity index (χ0) is 15.9. The molecule has 0 saturated carbocycles. The van der Waals surface area contributed by atoms with Gasteiger partial charge in [0.25, 0.3) is 0 Å². The van der Waals surface area contributed by atoms with E-state index in [-0.39, 0.29) is 5.91 Å². The van der Waals surface area contributed by atoms with E-state index in [2.05, 4.69) is 4.98 Å². The molecule has 22 heavy (non-hydrogen) atoms. The van der Waals surface area contributed by atoms with Crippen LogP contribution in [0.4, 0.5) is 5.13 Å². The summed E-state index contributed by atoms with van der Waals surface area (Å²) in [6.07, 6.45) is -0.464. The van der Waals surface area contributed by atoms with E-state index in [1.807, 2.05) is 42.6 Å². The topological polar surface area (TPSA) is 53.4 Å². The predicted molar refractivity (Wildman–Crippen MR) is 93.4 cm³/mol. The number of rotatable bonds is 7. The third-order valence-corrected chi connectivity index (χ3v) is 5.14. The SMILES string of the molecule is CCN(C(C)=O)c1nc(CSCC(O)c2ccccc2)cs1. The van der Waals surface area contributed by atoms with Crippen LogP contribution in [0.2, 0.25) is 0 Å². The molecule has 0 aliphatic heterocycles. The van der Waals surface area contributed by atoms with Gasteiger partial charge in [-0.05, 0) is 12.5 Å². The molecule has 2 rings (SSSR count). The number of benzene rings is 1. The number of hydrogen-bond donors (Lipinski definition) is 1. The van der Waals surface area contributed by atoms with E-state index in [9.17, 15) is 9.90 Å². The van der Waals surface area contributed by atoms with Gasteiger partial charge in [0.05, 0.1) is 11.8 Å². The minimum absolute atomic E-state index is 0.00977. The lowest BCUT2D eigenvalue weighted by Crippen LogP contribution is -2.27. The van der Waals surface area contributed by atoms with E-state index in [1.54, 1.807) is 23.6 Å². The Bertz CT molecular complexity index is 601. The zero-order valence-corrected chi connectivity index (χ0v) is 14.4. The smallest absolute Gasteiger partial charge is 0.225 e. The van der Waals surface area contributed by atoms with Gasteiger partial charge in [0, 0.05) is 30.4 Å². The second kappa shape index (κ2) is 8.31. The van der Waals surface area contributed by atoms with Gasteiger partial charge >= 0.3 is 0 Å². The molecule has 0 spiro atoms. The molecular formula is C16H20N2O2S2. The van der Waals surface area contributed by atoms with Crippen LogP contribution < -0.4 is 4.90 Å². The van der Waals surface area contributed by atoms with Crippen LogP contribution >= 0.6 is 23.1 Å². The van der Waals surface area contributed by atoms with Crippen molar-refractivity contribution in [1.82, 2.24) is 4.98 Å². The lowest BCUT2D eigenvalue weighted by molar-refractivity contribution is -0.116. The summed E-state index contributed by atoms with van der Waals surface area (Å²) in [6, 6.07) is 9.65. The van der Waals surface area contributed by atoms with Gasteiger partial charge in [-0.1, -0.05) is 30.3 Å². The minimum atomic E-state index is -0.464. The first kappa shape index (κ1) is 17.0. The van der Waals surface area contributed by atoms with Crippen molar-refractivity contribution >= 4 is 34.1 Å². The van der Waals surface area contributed by atoms with Crippen LogP contribution in [0.5, 0.6) is 0 Å². The fraction of sp³-hybridized carbons (Fsp3) is 0.375. The van der Waals surface area contributed by atoms with Crippen LogP contribution in [-0.4, -0.2) is 28.3 Å². The molecule has 0 radical (unpaired) electrons. The van der Waals surface area contributed by atoms with Crippen LogP contribution in [0.15, 0.2) is 35.7 Å². The van der Waals surface area contributed by atoms with E-state index in [1.165, 1.54) is 11.3 Å². The summed E-state index contributed by atoms with van der Waals surface area (Å²) in [5.41, 5.74) is 1.88. The first-order valence-electron chi connectivity index (χ1n) is 7.15. The van der Waals surface area contributed by atoms with Crippen molar-refractivity contribution in [3.05, 3.63) is 47.0 Å². The molecule has 0 aliphatic carbocycles. The van der Waals surface area contributed by atoms with Crippen molar-refractivity contribution in [3.8, 4) is 0 Å². The molecule has 0 fully saturated rings. The highest BCUT2D eigenvalue weighted by Gasteiger charge is 2.14. The average Bonchev–Trinajstić information content (AvgIpc) is 2.97. The Morgan fingerprint density at radius 2 is 2.14 bits per heavy atom. The van der Waals surface area contributed by atoms with E-state index in [0.717, 1.165) is 22.1 Å². The van der Waals surface area contributed by atoms with Gasteiger partial charge in [-0.2, -0.15) is 11.8 Å². The van der Waals surface area contributed by atoms with Gasteiger partial charge in [-0.15, -0.1) is 11.3 Å². The molecule has 0 saturated heterocycles. The summed E-state index contributed by atoms with van der Waals surface area (Å²) in [4.78, 5) is 17.7. The van der Waals surface area contributed by atoms with Crippen molar-refractivity contribution in [2.75, 3.05) is 17.2 Å². The highest BCUT2D eigenvalue weighted by atomic mass is 32.2. The molecule has 1 atom stereocenters. The highest BCUT2D eigenvalue weighted by Crippen LogP contribution is 2.25. The molecule has 2 aromatic rings. The lowest BCUT2D eigenvalue weighted by Gasteiger charge is -2.14. The maximum absolute atomic E-state index is 11.5. The summed E-state index contributed by atoms with van der Waals surface area (Å²) in [5.74, 6) is 1.37. The molecule has 1 heterocycles. The summed E-state index contributed by atoms with van der Waals surface area (Å²) >= 11 is 3.12. The van der Waals surface area contributed by atoms with Crippen molar-refractivity contribution in [2.24, 2.45) is 0 Å². The van der Waals surface area contributed by atoms with Crippen LogP contribution in [0.25, 0.3) is 0 Å². The first-order valence-corrected chi connectivity index (χ1v) is 9.18. The minimum Gasteiger partial charge on any atom is -0.388 e. The number of nitrogens with zero attached hydrogens (tertiary/aromatic N) is 2. The van der Waals surface area contributed by atoms with Crippen molar-refractivity contribution in [3.63, 3.8) is 0 Å². The molecule has 1 aromatic carbocycles. The number of aliphatic hydroxyl groups excluding tert-OH is 1. The number of thioether (sulfide) groups is 1. The van der Waals surface area contributed by atoms with Gasteiger partial charge in [-0.3, -0.25) is 9.69 Å². The molecule has 1 N–H and O–H groups in total. The van der Waals surface area contributed by atoms with Gasteiger partial charge in [0.1, 0.15) is 0 Å². The van der Waals surface area contributed by atoms with Crippen LogP contribution in [0, 0.1) is 0 Å². The number of amides is 1. The third kappa shape index (κ3) is 4.56. The number of carbonyl (C=O) groups excluding carboxylic acids is 1. The van der Waals surface area contributed by atoms with Gasteiger partial charge in [0.15, 0.2) is 5.13 Å². The quantitative estimate of drug-likeness (QED) is 0.841. The normalized spacial score (nSPS) is 12.1. The van der Waals surface area contributed by atoms with E-state index >= 15 is 0 Å². The maximum Gasteiger partial charge on any atom is 0.225 e. The average molecular weight is 336 g/mol. The van der Waals surface area contributed by atoms with E-state index in [0.29, 0.717) is 12.3 Å². The monoisotopic (exact) mass is 336 g/mol. The number of carbonyl (C=O) groups is 1.